The van der Waals surface area contributed by atoms with Crippen molar-refractivity contribution >= 4 is 11.2 Å². The maximum atomic E-state index is 12.5. The molecule has 2 atom stereocenters. The second-order valence-electron chi connectivity index (χ2n) is 8.84. The predicted molar refractivity (Wildman–Crippen MR) is 133 cm³/mol. The standard InChI is InChI=1S/C26H31N5O4.ClH/c1-18(23(32)20-10-12-21(13-11-20)35-16-19-8-5-4-6-9-19)27-14-7-15-31-17-28-24-22(31)25(33)30(3)26(34)29(24)2;/h4-6,8-13,17-18,23,27,32H,7,14-16H2,1-3H3;1H. The summed E-state index contributed by atoms with van der Waals surface area (Å²) in [6, 6.07) is 17.5. The van der Waals surface area contributed by atoms with Gasteiger partial charge in [0.1, 0.15) is 24.5 Å². The first-order valence-electron chi connectivity index (χ1n) is 11.8. The first-order valence-corrected chi connectivity index (χ1v) is 11.8. The maximum Gasteiger partial charge on any atom is 0.332 e. The fraction of sp³-hybridized carbons (Fsp3) is 0.346. The molecule has 9 nitrogen and oxygen atoms in total. The van der Waals surface area contributed by atoms with Gasteiger partial charge in [0.15, 0.2) is 11.2 Å². The number of nitrogens with two attached hydrogens (primary N) is 1. The number of ether oxygens (including phenoxy) is 1. The van der Waals surface area contributed by atoms with Gasteiger partial charge in [-0.15, -0.1) is 0 Å². The molecule has 2 aromatic heterocycles. The van der Waals surface area contributed by atoms with Crippen LogP contribution < -0.4 is 33.7 Å². The summed E-state index contributed by atoms with van der Waals surface area (Å²) in [4.78, 5) is 28.9. The molecule has 3 N–H and O–H groups in total. The van der Waals surface area contributed by atoms with Crippen LogP contribution in [0.3, 0.4) is 0 Å². The number of fused-ring (bicyclic) bond motifs is 1. The molecule has 0 aliphatic heterocycles. The van der Waals surface area contributed by atoms with E-state index in [0.29, 0.717) is 24.3 Å². The summed E-state index contributed by atoms with van der Waals surface area (Å²) in [5.74, 6) is 0.762. The van der Waals surface area contributed by atoms with Crippen LogP contribution in [-0.2, 0) is 27.2 Å². The van der Waals surface area contributed by atoms with E-state index >= 15 is 0 Å². The number of hydrogen-bond donors (Lipinski definition) is 2. The summed E-state index contributed by atoms with van der Waals surface area (Å²) in [5.41, 5.74) is 2.03. The number of benzene rings is 2. The first kappa shape index (κ1) is 27.2. The number of halogens is 1. The van der Waals surface area contributed by atoms with Crippen LogP contribution in [0.5, 0.6) is 5.75 Å². The second-order valence-corrected chi connectivity index (χ2v) is 8.84. The SMILES string of the molecule is CC([NH2+]CCCn1cnc2c1c(=O)n(C)c(=O)n2C)C(O)c1ccc(OCc2ccccc2)cc1.[Cl-]. The van der Waals surface area contributed by atoms with Crippen LogP contribution in [0.2, 0.25) is 0 Å². The minimum atomic E-state index is -0.617. The Morgan fingerprint density at radius 2 is 1.72 bits per heavy atom. The molecule has 4 aromatic rings. The van der Waals surface area contributed by atoms with Crippen molar-refractivity contribution in [3.8, 4) is 5.75 Å². The number of aryl methyl sites for hydroxylation is 2. The fourth-order valence-electron chi connectivity index (χ4n) is 4.14. The minimum absolute atomic E-state index is 0. The van der Waals surface area contributed by atoms with E-state index in [0.717, 1.165) is 34.4 Å². The molecule has 0 aliphatic rings. The van der Waals surface area contributed by atoms with Crippen molar-refractivity contribution < 1.29 is 27.6 Å². The molecule has 36 heavy (non-hydrogen) atoms. The van der Waals surface area contributed by atoms with Gasteiger partial charge in [-0.2, -0.15) is 0 Å². The highest BCUT2D eigenvalue weighted by molar-refractivity contribution is 5.69. The number of nitrogens with zero attached hydrogens (tertiary/aromatic N) is 4. The molecule has 2 unspecified atom stereocenters. The molecule has 0 bridgehead atoms. The normalized spacial score (nSPS) is 12.8. The third-order valence-corrected chi connectivity index (χ3v) is 6.33. The molecule has 2 aromatic carbocycles. The van der Waals surface area contributed by atoms with Gasteiger partial charge in [0, 0.05) is 27.1 Å². The smallest absolute Gasteiger partial charge is 0.332 e. The first-order chi connectivity index (χ1) is 16.9. The second kappa shape index (κ2) is 12.0. The van der Waals surface area contributed by atoms with E-state index in [1.807, 2.05) is 61.5 Å². The van der Waals surface area contributed by atoms with E-state index in [1.54, 1.807) is 17.9 Å². The molecule has 0 fully saturated rings. The maximum absolute atomic E-state index is 12.5. The van der Waals surface area contributed by atoms with Gasteiger partial charge in [-0.3, -0.25) is 13.9 Å². The highest BCUT2D eigenvalue weighted by Gasteiger charge is 2.19. The average molecular weight is 514 g/mol. The van der Waals surface area contributed by atoms with Gasteiger partial charge in [-0.25, -0.2) is 9.78 Å². The number of hydrogen-bond acceptors (Lipinski definition) is 5. The largest absolute Gasteiger partial charge is 1.00 e. The Kier molecular flexibility index (Phi) is 9.08. The van der Waals surface area contributed by atoms with Crippen LogP contribution >= 0.6 is 0 Å². The van der Waals surface area contributed by atoms with Crippen LogP contribution in [0.1, 0.15) is 30.6 Å². The van der Waals surface area contributed by atoms with Crippen LogP contribution in [0.15, 0.2) is 70.5 Å². The van der Waals surface area contributed by atoms with Crippen molar-refractivity contribution in [1.82, 2.24) is 18.7 Å². The third-order valence-electron chi connectivity index (χ3n) is 6.33. The van der Waals surface area contributed by atoms with E-state index in [-0.39, 0.29) is 29.7 Å². The minimum Gasteiger partial charge on any atom is -1.00 e. The van der Waals surface area contributed by atoms with E-state index < -0.39 is 6.10 Å². The van der Waals surface area contributed by atoms with Crippen molar-refractivity contribution in [1.29, 1.82) is 0 Å². The third kappa shape index (κ3) is 5.87. The van der Waals surface area contributed by atoms with Gasteiger partial charge in [0.25, 0.3) is 5.56 Å². The zero-order valence-electron chi connectivity index (χ0n) is 20.7. The monoisotopic (exact) mass is 513 g/mol. The number of quaternary nitrogens is 1. The summed E-state index contributed by atoms with van der Waals surface area (Å²) < 4.78 is 10.1. The Morgan fingerprint density at radius 1 is 1.03 bits per heavy atom. The van der Waals surface area contributed by atoms with Crippen LogP contribution in [0.4, 0.5) is 0 Å². The van der Waals surface area contributed by atoms with Crippen LogP contribution in [0, 0.1) is 0 Å². The van der Waals surface area contributed by atoms with E-state index in [1.165, 1.54) is 11.6 Å². The van der Waals surface area contributed by atoms with Gasteiger partial charge in [-0.1, -0.05) is 42.5 Å². The molecular weight excluding hydrogens is 482 g/mol. The van der Waals surface area contributed by atoms with Crippen molar-refractivity contribution in [3.63, 3.8) is 0 Å². The summed E-state index contributed by atoms with van der Waals surface area (Å²) in [5, 5.41) is 12.9. The summed E-state index contributed by atoms with van der Waals surface area (Å²) in [6.45, 7) is 3.85. The number of aromatic nitrogens is 4. The molecule has 0 radical (unpaired) electrons. The Morgan fingerprint density at radius 3 is 2.42 bits per heavy atom. The highest BCUT2D eigenvalue weighted by Crippen LogP contribution is 2.20. The van der Waals surface area contributed by atoms with Crippen molar-refractivity contribution in [3.05, 3.63) is 92.9 Å². The topological polar surface area (TPSA) is 108 Å². The number of imidazole rings is 1. The molecule has 0 amide bonds. The van der Waals surface area contributed by atoms with E-state index in [4.69, 9.17) is 4.74 Å². The van der Waals surface area contributed by atoms with Gasteiger partial charge >= 0.3 is 5.69 Å². The van der Waals surface area contributed by atoms with E-state index in [2.05, 4.69) is 10.3 Å². The lowest BCUT2D eigenvalue weighted by atomic mass is 10.0. The summed E-state index contributed by atoms with van der Waals surface area (Å²) in [6.07, 6.45) is 1.76. The number of aliphatic hydroxyl groups is 1. The Hall–Kier alpha value is -3.40. The molecule has 10 heteroatoms. The number of rotatable bonds is 10. The van der Waals surface area contributed by atoms with Gasteiger partial charge in [0.05, 0.1) is 12.9 Å². The molecule has 4 rings (SSSR count). The molecule has 0 saturated carbocycles. The quantitative estimate of drug-likeness (QED) is 0.241. The molecule has 0 spiro atoms. The Balaban J connectivity index is 0.00000361. The zero-order chi connectivity index (χ0) is 24.9. The predicted octanol–water partition coefficient (Wildman–Crippen LogP) is -1.91. The lowest BCUT2D eigenvalue weighted by Gasteiger charge is -2.18. The van der Waals surface area contributed by atoms with Gasteiger partial charge < -0.3 is 32.1 Å². The van der Waals surface area contributed by atoms with Gasteiger partial charge in [0.2, 0.25) is 0 Å². The van der Waals surface area contributed by atoms with Crippen LogP contribution in [0.25, 0.3) is 11.2 Å². The van der Waals surface area contributed by atoms with Crippen LogP contribution in [-0.4, -0.2) is 36.4 Å². The lowest BCUT2D eigenvalue weighted by Crippen LogP contribution is -3.00. The summed E-state index contributed by atoms with van der Waals surface area (Å²) in [7, 11) is 3.08. The zero-order valence-corrected chi connectivity index (χ0v) is 21.4. The van der Waals surface area contributed by atoms with Crippen molar-refractivity contribution in [2.45, 2.75) is 38.6 Å². The Bertz CT molecular complexity index is 1400. The molecule has 2 heterocycles. The fourth-order valence-corrected chi connectivity index (χ4v) is 4.14. The van der Waals surface area contributed by atoms with Crippen molar-refractivity contribution in [2.24, 2.45) is 14.1 Å². The van der Waals surface area contributed by atoms with E-state index in [9.17, 15) is 14.7 Å². The summed E-state index contributed by atoms with van der Waals surface area (Å²) >= 11 is 0. The lowest BCUT2D eigenvalue weighted by molar-refractivity contribution is -0.694. The molecule has 0 saturated heterocycles. The van der Waals surface area contributed by atoms with Gasteiger partial charge in [-0.05, 0) is 30.2 Å². The molecule has 192 valence electrons. The highest BCUT2D eigenvalue weighted by atomic mass is 35.5. The number of aliphatic hydroxyl groups excluding tert-OH is 1. The molecular formula is C26H32ClN5O4. The average Bonchev–Trinajstić information content (AvgIpc) is 3.32. The Labute approximate surface area is 215 Å². The van der Waals surface area contributed by atoms with Crippen molar-refractivity contribution in [2.75, 3.05) is 6.54 Å². The molecule has 0 aliphatic carbocycles.